The van der Waals surface area contributed by atoms with E-state index in [1.54, 1.807) is 10.8 Å². The maximum Gasteiger partial charge on any atom is 0.211 e. The number of para-hydroxylation sites is 1. The Hall–Kier alpha value is -2.06. The van der Waals surface area contributed by atoms with Gasteiger partial charge in [0.05, 0.1) is 0 Å². The molecule has 1 N–H and O–H groups in total. The average Bonchev–Trinajstić information content (AvgIpc) is 3.13. The Morgan fingerprint density at radius 2 is 1.60 bits per heavy atom. The molecule has 0 aliphatic heterocycles. The van der Waals surface area contributed by atoms with Crippen LogP contribution in [0.1, 0.15) is 39.0 Å². The molecule has 3 rings (SSSR count). The zero-order valence-electron chi connectivity index (χ0n) is 15.5. The maximum absolute atomic E-state index is 3.98. The van der Waals surface area contributed by atoms with Crippen molar-refractivity contribution in [2.45, 2.75) is 45.6 Å². The molecule has 25 heavy (non-hydrogen) atoms. The summed E-state index contributed by atoms with van der Waals surface area (Å²) >= 11 is 0. The van der Waals surface area contributed by atoms with Crippen LogP contribution < -0.4 is 10.2 Å². The first kappa shape index (κ1) is 17.8. The summed E-state index contributed by atoms with van der Waals surface area (Å²) in [4.78, 5) is 3.98. The highest BCUT2D eigenvalue weighted by Gasteiger charge is 2.36. The normalized spacial score (nSPS) is 16.1. The lowest BCUT2D eigenvalue weighted by Crippen LogP contribution is -2.54. The number of rotatable bonds is 8. The predicted molar refractivity (Wildman–Crippen MR) is 113 cm³/mol. The van der Waals surface area contributed by atoms with Crippen LogP contribution in [0.4, 0.5) is 5.69 Å². The van der Waals surface area contributed by atoms with Crippen LogP contribution >= 0.6 is 0 Å². The van der Waals surface area contributed by atoms with E-state index in [9.17, 15) is 0 Å². The van der Waals surface area contributed by atoms with E-state index >= 15 is 0 Å². The van der Waals surface area contributed by atoms with Crippen molar-refractivity contribution in [3.05, 3.63) is 83.6 Å². The van der Waals surface area contributed by atoms with Crippen LogP contribution in [0.5, 0.6) is 0 Å². The molecule has 0 saturated carbocycles. The molecule has 2 aromatic rings. The Morgan fingerprint density at radius 3 is 2.28 bits per heavy atom. The Morgan fingerprint density at radius 1 is 0.920 bits per heavy atom. The van der Waals surface area contributed by atoms with Gasteiger partial charge in [-0.05, 0) is 48.3 Å². The van der Waals surface area contributed by atoms with Crippen molar-refractivity contribution in [3.8, 4) is 0 Å². The predicted octanol–water partition coefficient (Wildman–Crippen LogP) is 5.96. The number of hydrogen-bond acceptors (Lipinski definition) is 1. The molecule has 1 nitrogen and oxygen atoms in total. The summed E-state index contributed by atoms with van der Waals surface area (Å²) in [7, 11) is -1.99. The smallest absolute Gasteiger partial charge is 0.211 e. The van der Waals surface area contributed by atoms with Crippen LogP contribution in [0.15, 0.2) is 83.6 Å². The number of nitrogens with one attached hydrogen (secondary N) is 1. The minimum absolute atomic E-state index is 1.10. The third-order valence-corrected chi connectivity index (χ3v) is 9.21. The Labute approximate surface area is 153 Å². The Balaban J connectivity index is 1.97. The van der Waals surface area contributed by atoms with Crippen molar-refractivity contribution in [1.82, 2.24) is 0 Å². The van der Waals surface area contributed by atoms with Crippen molar-refractivity contribution in [3.63, 3.8) is 0 Å². The maximum atomic E-state index is 3.98. The van der Waals surface area contributed by atoms with E-state index in [0.29, 0.717) is 0 Å². The average molecular weight is 348 g/mol. The van der Waals surface area contributed by atoms with E-state index in [4.69, 9.17) is 0 Å². The molecular weight excluding hydrogens is 318 g/mol. The van der Waals surface area contributed by atoms with Crippen LogP contribution in [0.25, 0.3) is 0 Å². The largest absolute Gasteiger partial charge is 0.404 e. The van der Waals surface area contributed by atoms with Gasteiger partial charge < -0.3 is 4.98 Å². The van der Waals surface area contributed by atoms with Crippen LogP contribution in [0.2, 0.25) is 6.55 Å². The summed E-state index contributed by atoms with van der Waals surface area (Å²) in [5, 5.41) is 3.12. The van der Waals surface area contributed by atoms with Gasteiger partial charge in [-0.25, -0.2) is 0 Å². The molecule has 1 aliphatic carbocycles. The van der Waals surface area contributed by atoms with E-state index in [2.05, 4.69) is 91.3 Å². The molecule has 0 amide bonds. The van der Waals surface area contributed by atoms with Gasteiger partial charge in [0, 0.05) is 5.69 Å². The summed E-state index contributed by atoms with van der Waals surface area (Å²) in [5.74, 6) is 0. The first-order valence-electron chi connectivity index (χ1n) is 9.52. The SMILES string of the molecule is CCCCCC1=C([Si](C)(Nc2ccccc2)c2ccccc2)CC=C1. The molecular formula is C23H29NSi. The molecule has 130 valence electrons. The molecule has 0 fully saturated rings. The molecule has 0 heterocycles. The number of benzene rings is 2. The minimum Gasteiger partial charge on any atom is -0.404 e. The molecule has 0 aromatic heterocycles. The lowest BCUT2D eigenvalue weighted by Gasteiger charge is -2.33. The summed E-state index contributed by atoms with van der Waals surface area (Å²) in [6, 6.07) is 21.8. The molecule has 2 aromatic carbocycles. The van der Waals surface area contributed by atoms with E-state index in [1.807, 2.05) is 0 Å². The van der Waals surface area contributed by atoms with E-state index < -0.39 is 8.24 Å². The van der Waals surface area contributed by atoms with Gasteiger partial charge in [-0.1, -0.05) is 86.0 Å². The topological polar surface area (TPSA) is 12.0 Å². The highest BCUT2D eigenvalue weighted by atomic mass is 28.3. The van der Waals surface area contributed by atoms with E-state index in [-0.39, 0.29) is 0 Å². The summed E-state index contributed by atoms with van der Waals surface area (Å²) < 4.78 is 0. The van der Waals surface area contributed by atoms with Crippen molar-refractivity contribution in [2.75, 3.05) is 4.98 Å². The monoisotopic (exact) mass is 347 g/mol. The van der Waals surface area contributed by atoms with Gasteiger partial charge in [-0.15, -0.1) is 0 Å². The molecule has 0 bridgehead atoms. The minimum atomic E-state index is -1.99. The van der Waals surface area contributed by atoms with Crippen molar-refractivity contribution < 1.29 is 0 Å². The summed E-state index contributed by atoms with van der Waals surface area (Å²) in [6.07, 6.45) is 10.9. The summed E-state index contributed by atoms with van der Waals surface area (Å²) in [6.45, 7) is 4.75. The zero-order valence-corrected chi connectivity index (χ0v) is 16.5. The number of unbranched alkanes of at least 4 members (excludes halogenated alkanes) is 2. The van der Waals surface area contributed by atoms with Crippen molar-refractivity contribution >= 4 is 19.1 Å². The first-order chi connectivity index (χ1) is 12.2. The van der Waals surface area contributed by atoms with Crippen LogP contribution in [-0.2, 0) is 0 Å². The molecule has 2 heteroatoms. The lowest BCUT2D eigenvalue weighted by atomic mass is 10.1. The molecule has 0 saturated heterocycles. The first-order valence-corrected chi connectivity index (χ1v) is 12.0. The number of hydrogen-bond donors (Lipinski definition) is 1. The van der Waals surface area contributed by atoms with Gasteiger partial charge in [0.15, 0.2) is 0 Å². The molecule has 1 aliphatic rings. The van der Waals surface area contributed by atoms with Crippen molar-refractivity contribution in [2.24, 2.45) is 0 Å². The quantitative estimate of drug-likeness (QED) is 0.459. The highest BCUT2D eigenvalue weighted by Crippen LogP contribution is 2.32. The van der Waals surface area contributed by atoms with Crippen LogP contribution in [0.3, 0.4) is 0 Å². The van der Waals surface area contributed by atoms with Crippen LogP contribution in [-0.4, -0.2) is 8.24 Å². The van der Waals surface area contributed by atoms with E-state index in [0.717, 1.165) is 6.42 Å². The molecule has 0 spiro atoms. The van der Waals surface area contributed by atoms with Gasteiger partial charge in [0.1, 0.15) is 0 Å². The van der Waals surface area contributed by atoms with Gasteiger partial charge in [0.2, 0.25) is 8.24 Å². The van der Waals surface area contributed by atoms with Gasteiger partial charge >= 0.3 is 0 Å². The second-order valence-corrected chi connectivity index (χ2v) is 10.7. The Kier molecular flexibility index (Phi) is 5.93. The molecule has 0 radical (unpaired) electrons. The second-order valence-electron chi connectivity index (χ2n) is 7.05. The standard InChI is InChI=1S/C23H29NSi/c1-3-4-7-13-20-14-12-19-23(20)25(2,22-17-10-6-11-18-22)24-21-15-8-5-9-16-21/h5-6,8-12,14-18,24H,3-4,7,13,19H2,1-2H3. The Bertz CT molecular complexity index is 733. The third-order valence-electron chi connectivity index (χ3n) is 5.20. The van der Waals surface area contributed by atoms with Crippen molar-refractivity contribution in [1.29, 1.82) is 0 Å². The second kappa shape index (κ2) is 8.35. The van der Waals surface area contributed by atoms with Crippen LogP contribution in [0, 0.1) is 0 Å². The fourth-order valence-electron chi connectivity index (χ4n) is 3.78. The molecule has 1 unspecified atom stereocenters. The zero-order chi connectivity index (χ0) is 17.5. The van der Waals surface area contributed by atoms with Gasteiger partial charge in [0.25, 0.3) is 0 Å². The molecule has 1 atom stereocenters. The highest BCUT2D eigenvalue weighted by molar-refractivity contribution is 6.99. The summed E-state index contributed by atoms with van der Waals surface area (Å²) in [5.41, 5.74) is 2.81. The van der Waals surface area contributed by atoms with E-state index in [1.165, 1.54) is 36.6 Å². The van der Waals surface area contributed by atoms with Gasteiger partial charge in [-0.3, -0.25) is 0 Å². The number of allylic oxidation sites excluding steroid dienone is 4. The lowest BCUT2D eigenvalue weighted by molar-refractivity contribution is 0.718. The fraction of sp³-hybridized carbons (Fsp3) is 0.304. The fourth-order valence-corrected chi connectivity index (χ4v) is 7.40. The third kappa shape index (κ3) is 4.13. The van der Waals surface area contributed by atoms with Gasteiger partial charge in [-0.2, -0.15) is 0 Å². The number of anilines is 1.